The first kappa shape index (κ1) is 15.1. The van der Waals surface area contributed by atoms with Gasteiger partial charge >= 0.3 is 0 Å². The summed E-state index contributed by atoms with van der Waals surface area (Å²) in [5, 5.41) is 0. The highest BCUT2D eigenvalue weighted by Gasteiger charge is 2.46. The Morgan fingerprint density at radius 1 is 1.21 bits per heavy atom. The normalized spacial score (nSPS) is 39.4. The van der Waals surface area contributed by atoms with Gasteiger partial charge in [0.05, 0.1) is 13.2 Å². The van der Waals surface area contributed by atoms with Crippen molar-refractivity contribution in [1.29, 1.82) is 0 Å². The molecule has 2 aliphatic rings. The van der Waals surface area contributed by atoms with Crippen LogP contribution in [-0.2, 0) is 9.47 Å². The van der Waals surface area contributed by atoms with E-state index in [0.717, 1.165) is 19.6 Å². The maximum absolute atomic E-state index is 6.04. The first-order valence-electron chi connectivity index (χ1n) is 7.99. The largest absolute Gasteiger partial charge is 0.352 e. The number of rotatable bonds is 4. The molecule has 1 aliphatic heterocycles. The summed E-state index contributed by atoms with van der Waals surface area (Å²) in [7, 11) is 0. The number of allylic oxidation sites excluding steroid dienone is 2. The lowest BCUT2D eigenvalue weighted by molar-refractivity contribution is -0.252. The van der Waals surface area contributed by atoms with Gasteiger partial charge in [-0.25, -0.2) is 0 Å². The molecule has 0 aromatic rings. The first-order chi connectivity index (χ1) is 9.08. The van der Waals surface area contributed by atoms with Crippen LogP contribution >= 0.6 is 0 Å². The van der Waals surface area contributed by atoms with Crippen LogP contribution in [0.25, 0.3) is 0 Å². The van der Waals surface area contributed by atoms with Crippen LogP contribution < -0.4 is 0 Å². The van der Waals surface area contributed by atoms with Gasteiger partial charge in [0, 0.05) is 5.41 Å². The summed E-state index contributed by atoms with van der Waals surface area (Å²) in [5.74, 6) is 1.22. The van der Waals surface area contributed by atoms with E-state index in [1.54, 1.807) is 0 Å². The van der Waals surface area contributed by atoms with E-state index < -0.39 is 0 Å². The molecule has 1 aliphatic carbocycles. The van der Waals surface area contributed by atoms with Gasteiger partial charge in [0.2, 0.25) is 0 Å². The number of hydrogen-bond acceptors (Lipinski definition) is 2. The lowest BCUT2D eigenvalue weighted by Gasteiger charge is -2.49. The third-order valence-corrected chi connectivity index (χ3v) is 5.17. The highest BCUT2D eigenvalue weighted by molar-refractivity contribution is 5.13. The topological polar surface area (TPSA) is 18.5 Å². The van der Waals surface area contributed by atoms with Gasteiger partial charge < -0.3 is 9.47 Å². The average Bonchev–Trinajstić information content (AvgIpc) is 2.38. The van der Waals surface area contributed by atoms with Crippen LogP contribution in [0.4, 0.5) is 0 Å². The van der Waals surface area contributed by atoms with Gasteiger partial charge in [0.15, 0.2) is 6.29 Å². The third kappa shape index (κ3) is 3.22. The maximum atomic E-state index is 6.04. The summed E-state index contributed by atoms with van der Waals surface area (Å²) in [6, 6.07) is 0. The maximum Gasteiger partial charge on any atom is 0.157 e. The fourth-order valence-electron chi connectivity index (χ4n) is 3.66. The van der Waals surface area contributed by atoms with Gasteiger partial charge in [-0.15, -0.1) is 0 Å². The minimum Gasteiger partial charge on any atom is -0.352 e. The van der Waals surface area contributed by atoms with Crippen LogP contribution in [0, 0.1) is 17.3 Å². The van der Waals surface area contributed by atoms with Crippen molar-refractivity contribution in [2.24, 2.45) is 17.3 Å². The zero-order chi connectivity index (χ0) is 13.9. The highest BCUT2D eigenvalue weighted by atomic mass is 16.7. The molecule has 1 heterocycles. The van der Waals surface area contributed by atoms with E-state index in [-0.39, 0.29) is 11.7 Å². The predicted octanol–water partition coefficient (Wildman–Crippen LogP) is 4.55. The quantitative estimate of drug-likeness (QED) is 0.549. The zero-order valence-corrected chi connectivity index (χ0v) is 13.1. The SMILES string of the molecule is CCCCCC1OCC2(CO1)[C@@H](C)C=C(C)C[C@@H]2C. The standard InChI is InChI=1S/C17H30O2/c1-5-6-7-8-16-18-11-17(12-19-16)14(3)9-13(2)10-15(17)4/h9,14-16H,5-8,10-12H2,1-4H3/t14-,15-,16?,17?/m0/s1. The van der Waals surface area contributed by atoms with Gasteiger partial charge in [-0.1, -0.05) is 45.3 Å². The molecular formula is C17H30O2. The van der Waals surface area contributed by atoms with Crippen LogP contribution in [0.15, 0.2) is 11.6 Å². The molecule has 2 atom stereocenters. The molecule has 19 heavy (non-hydrogen) atoms. The van der Waals surface area contributed by atoms with E-state index in [1.807, 2.05) is 0 Å². The number of hydrogen-bond donors (Lipinski definition) is 0. The van der Waals surface area contributed by atoms with E-state index in [0.29, 0.717) is 11.8 Å². The second-order valence-electron chi connectivity index (χ2n) is 6.69. The molecule has 0 saturated carbocycles. The van der Waals surface area contributed by atoms with Crippen molar-refractivity contribution >= 4 is 0 Å². The molecule has 0 unspecified atom stereocenters. The monoisotopic (exact) mass is 266 g/mol. The minimum absolute atomic E-state index is 0.0450. The molecule has 110 valence electrons. The molecule has 2 heteroatoms. The van der Waals surface area contributed by atoms with Gasteiger partial charge in [-0.05, 0) is 38.0 Å². The second-order valence-corrected chi connectivity index (χ2v) is 6.69. The van der Waals surface area contributed by atoms with Crippen molar-refractivity contribution in [1.82, 2.24) is 0 Å². The van der Waals surface area contributed by atoms with Crippen LogP contribution in [-0.4, -0.2) is 19.5 Å². The van der Waals surface area contributed by atoms with Gasteiger partial charge in [-0.2, -0.15) is 0 Å². The van der Waals surface area contributed by atoms with Crippen molar-refractivity contribution in [3.8, 4) is 0 Å². The molecule has 0 amide bonds. The van der Waals surface area contributed by atoms with Crippen LogP contribution in [0.5, 0.6) is 0 Å². The van der Waals surface area contributed by atoms with Crippen LogP contribution in [0.1, 0.15) is 59.8 Å². The lowest BCUT2D eigenvalue weighted by atomic mass is 9.63. The number of unbranched alkanes of at least 4 members (excludes halogenated alkanes) is 2. The Kier molecular flexibility index (Phi) is 5.08. The fraction of sp³-hybridized carbons (Fsp3) is 0.882. The third-order valence-electron chi connectivity index (χ3n) is 5.17. The molecule has 0 bridgehead atoms. The molecule has 0 aromatic carbocycles. The highest BCUT2D eigenvalue weighted by Crippen LogP contribution is 2.47. The molecule has 0 N–H and O–H groups in total. The molecule has 2 nitrogen and oxygen atoms in total. The molecule has 0 radical (unpaired) electrons. The van der Waals surface area contributed by atoms with Gasteiger partial charge in [0.25, 0.3) is 0 Å². The van der Waals surface area contributed by atoms with E-state index in [4.69, 9.17) is 9.47 Å². The Hall–Kier alpha value is -0.340. The summed E-state index contributed by atoms with van der Waals surface area (Å²) in [6.07, 6.45) is 8.47. The smallest absolute Gasteiger partial charge is 0.157 e. The Morgan fingerprint density at radius 3 is 2.47 bits per heavy atom. The molecule has 0 aromatic heterocycles. The second kappa shape index (κ2) is 6.41. The summed E-state index contributed by atoms with van der Waals surface area (Å²) in [4.78, 5) is 0. The molecule has 1 fully saturated rings. The Balaban J connectivity index is 1.91. The minimum atomic E-state index is 0.0450. The number of ether oxygens (including phenoxy) is 2. The lowest BCUT2D eigenvalue weighted by Crippen LogP contribution is -2.50. The van der Waals surface area contributed by atoms with E-state index in [9.17, 15) is 0 Å². The van der Waals surface area contributed by atoms with Crippen LogP contribution in [0.3, 0.4) is 0 Å². The zero-order valence-electron chi connectivity index (χ0n) is 13.1. The van der Waals surface area contributed by atoms with Gasteiger partial charge in [-0.3, -0.25) is 0 Å². The van der Waals surface area contributed by atoms with E-state index in [2.05, 4.69) is 33.8 Å². The molecule has 1 saturated heterocycles. The molecular weight excluding hydrogens is 236 g/mol. The van der Waals surface area contributed by atoms with E-state index in [1.165, 1.54) is 31.3 Å². The first-order valence-corrected chi connectivity index (χ1v) is 7.99. The Labute approximate surface area is 118 Å². The van der Waals surface area contributed by atoms with Gasteiger partial charge in [0.1, 0.15) is 0 Å². The van der Waals surface area contributed by atoms with Crippen LogP contribution in [0.2, 0.25) is 0 Å². The Bertz CT molecular complexity index is 313. The molecule has 1 spiro atoms. The predicted molar refractivity (Wildman–Crippen MR) is 79.0 cm³/mol. The van der Waals surface area contributed by atoms with E-state index >= 15 is 0 Å². The van der Waals surface area contributed by atoms with Crippen molar-refractivity contribution in [3.05, 3.63) is 11.6 Å². The average molecular weight is 266 g/mol. The fourth-order valence-corrected chi connectivity index (χ4v) is 3.66. The summed E-state index contributed by atoms with van der Waals surface area (Å²) < 4.78 is 12.1. The van der Waals surface area contributed by atoms with Crippen molar-refractivity contribution in [3.63, 3.8) is 0 Å². The summed E-state index contributed by atoms with van der Waals surface area (Å²) in [5.41, 5.74) is 1.73. The van der Waals surface area contributed by atoms with Crippen molar-refractivity contribution in [2.45, 2.75) is 66.1 Å². The van der Waals surface area contributed by atoms with Crippen molar-refractivity contribution in [2.75, 3.05) is 13.2 Å². The summed E-state index contributed by atoms with van der Waals surface area (Å²) in [6.45, 7) is 10.9. The summed E-state index contributed by atoms with van der Waals surface area (Å²) >= 11 is 0. The van der Waals surface area contributed by atoms with Crippen molar-refractivity contribution < 1.29 is 9.47 Å². The molecule has 2 rings (SSSR count). The Morgan fingerprint density at radius 2 is 1.89 bits per heavy atom.